The maximum atomic E-state index is 12.9. The third-order valence-corrected chi connectivity index (χ3v) is 6.15. The summed E-state index contributed by atoms with van der Waals surface area (Å²) in [6.07, 6.45) is 7.50. The molecule has 27 heavy (non-hydrogen) atoms. The first kappa shape index (κ1) is 16.8. The minimum Gasteiger partial charge on any atom is -0.492 e. The Morgan fingerprint density at radius 2 is 1.96 bits per heavy atom. The van der Waals surface area contributed by atoms with Gasteiger partial charge in [-0.25, -0.2) is 0 Å². The number of benzene rings is 1. The summed E-state index contributed by atoms with van der Waals surface area (Å²) >= 11 is 0. The summed E-state index contributed by atoms with van der Waals surface area (Å²) in [6.45, 7) is 3.10. The molecular weight excluding hydrogens is 340 g/mol. The molecule has 5 rings (SSSR count). The van der Waals surface area contributed by atoms with Gasteiger partial charge < -0.3 is 9.64 Å². The summed E-state index contributed by atoms with van der Waals surface area (Å²) in [4.78, 5) is 15.0. The molecule has 6 heteroatoms. The number of aromatic nitrogens is 3. The normalized spacial score (nSPS) is 23.0. The average molecular weight is 366 g/mol. The second-order valence-corrected chi connectivity index (χ2v) is 8.23. The highest BCUT2D eigenvalue weighted by molar-refractivity contribution is 5.80. The van der Waals surface area contributed by atoms with E-state index in [4.69, 9.17) is 4.74 Å². The molecule has 142 valence electrons. The van der Waals surface area contributed by atoms with Crippen LogP contribution in [0.2, 0.25) is 0 Å². The molecule has 1 unspecified atom stereocenters. The number of carbonyl (C=O) groups excluding carboxylic acids is 1. The van der Waals surface area contributed by atoms with Gasteiger partial charge in [-0.15, -0.1) is 5.10 Å². The molecule has 1 saturated carbocycles. The lowest BCUT2D eigenvalue weighted by atomic mass is 9.92. The fourth-order valence-electron chi connectivity index (χ4n) is 4.31. The van der Waals surface area contributed by atoms with Crippen molar-refractivity contribution >= 4 is 5.91 Å². The Kier molecular flexibility index (Phi) is 4.34. The number of para-hydroxylation sites is 1. The zero-order valence-electron chi connectivity index (χ0n) is 15.6. The van der Waals surface area contributed by atoms with Crippen LogP contribution in [-0.4, -0.2) is 45.5 Å². The van der Waals surface area contributed by atoms with Gasteiger partial charge in [0, 0.05) is 31.7 Å². The molecule has 1 amide bonds. The molecule has 2 aliphatic heterocycles. The van der Waals surface area contributed by atoms with Crippen LogP contribution in [0.5, 0.6) is 5.75 Å². The number of ether oxygens (including phenoxy) is 1. The minimum absolute atomic E-state index is 0.0483. The Balaban J connectivity index is 1.14. The molecule has 2 aromatic rings. The fourth-order valence-corrected chi connectivity index (χ4v) is 4.31. The van der Waals surface area contributed by atoms with Crippen molar-refractivity contribution in [3.05, 3.63) is 41.7 Å². The van der Waals surface area contributed by atoms with Crippen molar-refractivity contribution in [3.8, 4) is 5.75 Å². The Hall–Kier alpha value is -2.37. The first-order valence-electron chi connectivity index (χ1n) is 10.2. The first-order valence-corrected chi connectivity index (χ1v) is 10.2. The van der Waals surface area contributed by atoms with E-state index in [1.165, 1.54) is 12.8 Å². The van der Waals surface area contributed by atoms with E-state index in [9.17, 15) is 4.79 Å². The van der Waals surface area contributed by atoms with E-state index in [2.05, 4.69) is 22.6 Å². The molecule has 0 bridgehead atoms. The monoisotopic (exact) mass is 366 g/mol. The maximum absolute atomic E-state index is 12.9. The second-order valence-electron chi connectivity index (χ2n) is 8.23. The van der Waals surface area contributed by atoms with Crippen molar-refractivity contribution in [2.24, 2.45) is 11.8 Å². The molecule has 0 N–H and O–H groups in total. The minimum atomic E-state index is -0.0483. The molecule has 1 atom stereocenters. The standard InChI is InChI=1S/C21H26N4O2/c26-21(18-11-17-3-1-2-4-20(17)27-14-18)24-9-7-15(8-10-24)12-25-13-19(22-23-25)16-5-6-16/h1-4,13,15-16,18H,5-12,14H2. The lowest BCUT2D eigenvalue weighted by molar-refractivity contribution is -0.138. The molecule has 1 aromatic heterocycles. The zero-order chi connectivity index (χ0) is 18.2. The SMILES string of the molecule is O=C(C1COc2ccccc2C1)N1CCC(Cn2cc(C3CC3)nn2)CC1. The molecule has 6 nitrogen and oxygen atoms in total. The van der Waals surface area contributed by atoms with Crippen LogP contribution in [0.4, 0.5) is 0 Å². The van der Waals surface area contributed by atoms with Gasteiger partial charge in [-0.05, 0) is 49.7 Å². The predicted molar refractivity (Wildman–Crippen MR) is 100 cm³/mol. The van der Waals surface area contributed by atoms with Crippen molar-refractivity contribution in [2.45, 2.75) is 44.6 Å². The third kappa shape index (κ3) is 3.57. The van der Waals surface area contributed by atoms with Crippen LogP contribution in [0.25, 0.3) is 0 Å². The fraction of sp³-hybridized carbons (Fsp3) is 0.571. The van der Waals surface area contributed by atoms with Gasteiger partial charge in [0.15, 0.2) is 0 Å². The van der Waals surface area contributed by atoms with E-state index in [-0.39, 0.29) is 11.8 Å². The quantitative estimate of drug-likeness (QED) is 0.835. The van der Waals surface area contributed by atoms with Crippen LogP contribution < -0.4 is 4.74 Å². The van der Waals surface area contributed by atoms with Crippen molar-refractivity contribution in [1.82, 2.24) is 19.9 Å². The second kappa shape index (κ2) is 6.98. The highest BCUT2D eigenvalue weighted by Crippen LogP contribution is 2.38. The number of fused-ring (bicyclic) bond motifs is 1. The van der Waals surface area contributed by atoms with Crippen LogP contribution in [0.3, 0.4) is 0 Å². The van der Waals surface area contributed by atoms with E-state index in [0.717, 1.165) is 55.9 Å². The molecule has 0 radical (unpaired) electrons. The molecule has 1 aromatic carbocycles. The Morgan fingerprint density at radius 3 is 2.78 bits per heavy atom. The molecule has 3 heterocycles. The van der Waals surface area contributed by atoms with Gasteiger partial charge in [0.25, 0.3) is 0 Å². The summed E-state index contributed by atoms with van der Waals surface area (Å²) in [5, 5.41) is 8.59. The summed E-state index contributed by atoms with van der Waals surface area (Å²) in [5.41, 5.74) is 2.30. The molecule has 3 aliphatic rings. The van der Waals surface area contributed by atoms with Crippen LogP contribution in [0, 0.1) is 11.8 Å². The Morgan fingerprint density at radius 1 is 1.15 bits per heavy atom. The van der Waals surface area contributed by atoms with Crippen molar-refractivity contribution in [3.63, 3.8) is 0 Å². The van der Waals surface area contributed by atoms with Gasteiger partial charge in [-0.3, -0.25) is 9.48 Å². The van der Waals surface area contributed by atoms with Gasteiger partial charge >= 0.3 is 0 Å². The van der Waals surface area contributed by atoms with Gasteiger partial charge in [0.05, 0.1) is 11.6 Å². The topological polar surface area (TPSA) is 60.2 Å². The number of hydrogen-bond acceptors (Lipinski definition) is 4. The highest BCUT2D eigenvalue weighted by atomic mass is 16.5. The van der Waals surface area contributed by atoms with E-state index in [0.29, 0.717) is 18.4 Å². The first-order chi connectivity index (χ1) is 13.3. The Labute approximate surface area is 159 Å². The van der Waals surface area contributed by atoms with Gasteiger partial charge in [-0.2, -0.15) is 0 Å². The molecule has 2 fully saturated rings. The van der Waals surface area contributed by atoms with Crippen LogP contribution in [-0.2, 0) is 17.8 Å². The Bertz CT molecular complexity index is 821. The molecule has 1 aliphatic carbocycles. The maximum Gasteiger partial charge on any atom is 0.229 e. The molecule has 0 spiro atoms. The number of rotatable bonds is 4. The van der Waals surface area contributed by atoms with Crippen LogP contribution >= 0.6 is 0 Å². The number of piperidine rings is 1. The van der Waals surface area contributed by atoms with Crippen molar-refractivity contribution in [1.29, 1.82) is 0 Å². The van der Waals surface area contributed by atoms with E-state index in [1.54, 1.807) is 0 Å². The van der Waals surface area contributed by atoms with Gasteiger partial charge in [0.1, 0.15) is 12.4 Å². The number of amides is 1. The van der Waals surface area contributed by atoms with Crippen LogP contribution in [0.1, 0.15) is 42.9 Å². The lowest BCUT2D eigenvalue weighted by Gasteiger charge is -2.35. The van der Waals surface area contributed by atoms with E-state index >= 15 is 0 Å². The third-order valence-electron chi connectivity index (χ3n) is 6.15. The smallest absolute Gasteiger partial charge is 0.229 e. The average Bonchev–Trinajstić information content (AvgIpc) is 3.47. The van der Waals surface area contributed by atoms with Crippen LogP contribution in [0.15, 0.2) is 30.5 Å². The van der Waals surface area contributed by atoms with E-state index < -0.39 is 0 Å². The number of carbonyl (C=O) groups is 1. The summed E-state index contributed by atoms with van der Waals surface area (Å²) < 4.78 is 7.81. The summed E-state index contributed by atoms with van der Waals surface area (Å²) in [7, 11) is 0. The largest absolute Gasteiger partial charge is 0.492 e. The van der Waals surface area contributed by atoms with Gasteiger partial charge in [-0.1, -0.05) is 23.4 Å². The number of nitrogens with zero attached hydrogens (tertiary/aromatic N) is 4. The summed E-state index contributed by atoms with van der Waals surface area (Å²) in [5.74, 6) is 2.36. The van der Waals surface area contributed by atoms with Gasteiger partial charge in [0.2, 0.25) is 5.91 Å². The molecular formula is C21H26N4O2. The zero-order valence-corrected chi connectivity index (χ0v) is 15.6. The number of hydrogen-bond donors (Lipinski definition) is 0. The predicted octanol–water partition coefficient (Wildman–Crippen LogP) is 2.65. The number of likely N-dealkylation sites (tertiary alicyclic amines) is 1. The lowest BCUT2D eigenvalue weighted by Crippen LogP contribution is -2.45. The van der Waals surface area contributed by atoms with Crippen molar-refractivity contribution < 1.29 is 9.53 Å². The molecule has 1 saturated heterocycles. The highest BCUT2D eigenvalue weighted by Gasteiger charge is 2.32. The van der Waals surface area contributed by atoms with Crippen molar-refractivity contribution in [2.75, 3.05) is 19.7 Å². The van der Waals surface area contributed by atoms with E-state index in [1.807, 2.05) is 27.8 Å². The summed E-state index contributed by atoms with van der Waals surface area (Å²) in [6, 6.07) is 8.04.